The average Bonchev–Trinajstić information content (AvgIpc) is 2.36. The van der Waals surface area contributed by atoms with Crippen molar-refractivity contribution in [1.82, 2.24) is 0 Å². The number of hydrogen-bond donors (Lipinski definition) is 2. The molecule has 0 unspecified atom stereocenters. The third-order valence-electron chi connectivity index (χ3n) is 2.50. The Hall–Kier alpha value is -0.620. The van der Waals surface area contributed by atoms with Gasteiger partial charge in [0, 0.05) is 11.6 Å². The third kappa shape index (κ3) is 6.35. The predicted molar refractivity (Wildman–Crippen MR) is 73.8 cm³/mol. The molecule has 0 amide bonds. The first-order chi connectivity index (χ1) is 8.61. The third-order valence-corrected chi connectivity index (χ3v) is 3.02. The number of aliphatic hydroxyl groups excluding tert-OH is 1. The highest BCUT2D eigenvalue weighted by atomic mass is 79.9. The highest BCUT2D eigenvalue weighted by Gasteiger charge is 2.11. The zero-order valence-electron chi connectivity index (χ0n) is 10.8. The van der Waals surface area contributed by atoms with E-state index in [1.54, 1.807) is 7.11 Å². The SMILES string of the molecule is COC[C@H](C)[NH2+]C[C@@H](O)COc1ccc(Br)cc1. The summed E-state index contributed by atoms with van der Waals surface area (Å²) in [5, 5.41) is 11.8. The van der Waals surface area contributed by atoms with Crippen molar-refractivity contribution in [2.75, 3.05) is 26.9 Å². The van der Waals surface area contributed by atoms with E-state index in [1.165, 1.54) is 0 Å². The first-order valence-corrected chi connectivity index (χ1v) is 6.79. The fourth-order valence-corrected chi connectivity index (χ4v) is 1.78. The van der Waals surface area contributed by atoms with Gasteiger partial charge < -0.3 is 19.9 Å². The van der Waals surface area contributed by atoms with Crippen molar-refractivity contribution in [3.8, 4) is 5.75 Å². The number of rotatable bonds is 8. The van der Waals surface area contributed by atoms with Crippen LogP contribution in [-0.4, -0.2) is 44.1 Å². The van der Waals surface area contributed by atoms with Crippen LogP contribution in [0.15, 0.2) is 28.7 Å². The van der Waals surface area contributed by atoms with Crippen molar-refractivity contribution in [3.05, 3.63) is 28.7 Å². The predicted octanol–water partition coefficient (Wildman–Crippen LogP) is 0.787. The van der Waals surface area contributed by atoms with Crippen LogP contribution >= 0.6 is 15.9 Å². The summed E-state index contributed by atoms with van der Waals surface area (Å²) >= 11 is 3.36. The molecule has 18 heavy (non-hydrogen) atoms. The Labute approximate surface area is 116 Å². The maximum absolute atomic E-state index is 9.78. The second-order valence-electron chi connectivity index (χ2n) is 4.32. The Morgan fingerprint density at radius 3 is 2.56 bits per heavy atom. The van der Waals surface area contributed by atoms with E-state index in [-0.39, 0.29) is 0 Å². The van der Waals surface area contributed by atoms with E-state index >= 15 is 0 Å². The fraction of sp³-hybridized carbons (Fsp3) is 0.538. The van der Waals surface area contributed by atoms with Gasteiger partial charge in [-0.1, -0.05) is 15.9 Å². The molecule has 0 aromatic heterocycles. The van der Waals surface area contributed by atoms with Gasteiger partial charge in [-0.3, -0.25) is 0 Å². The molecule has 0 aliphatic rings. The van der Waals surface area contributed by atoms with Crippen LogP contribution in [0.2, 0.25) is 0 Å². The lowest BCUT2D eigenvalue weighted by Crippen LogP contribution is -2.92. The standard InChI is InChI=1S/C13H20BrNO3/c1-10(8-17-2)15-7-12(16)9-18-13-5-3-11(14)4-6-13/h3-6,10,12,15-16H,7-9H2,1-2H3/p+1/t10-,12+/m0/s1. The van der Waals surface area contributed by atoms with Gasteiger partial charge >= 0.3 is 0 Å². The lowest BCUT2D eigenvalue weighted by atomic mass is 10.3. The number of hydrogen-bond acceptors (Lipinski definition) is 3. The summed E-state index contributed by atoms with van der Waals surface area (Å²) in [5.74, 6) is 0.766. The lowest BCUT2D eigenvalue weighted by molar-refractivity contribution is -0.693. The second-order valence-corrected chi connectivity index (χ2v) is 5.24. The van der Waals surface area contributed by atoms with Gasteiger partial charge in [0.2, 0.25) is 0 Å². The first kappa shape index (κ1) is 15.4. The van der Waals surface area contributed by atoms with Crippen LogP contribution in [0.3, 0.4) is 0 Å². The molecule has 3 N–H and O–H groups in total. The van der Waals surface area contributed by atoms with E-state index in [4.69, 9.17) is 9.47 Å². The molecule has 1 aromatic rings. The van der Waals surface area contributed by atoms with Crippen LogP contribution in [0.25, 0.3) is 0 Å². The minimum absolute atomic E-state index is 0.303. The van der Waals surface area contributed by atoms with Gasteiger partial charge in [-0.05, 0) is 31.2 Å². The number of methoxy groups -OCH3 is 1. The quantitative estimate of drug-likeness (QED) is 0.745. The summed E-state index contributed by atoms with van der Waals surface area (Å²) in [4.78, 5) is 0. The molecule has 0 aliphatic heterocycles. The molecule has 0 aliphatic carbocycles. The highest BCUT2D eigenvalue weighted by Crippen LogP contribution is 2.15. The molecule has 0 heterocycles. The second kappa shape index (κ2) is 8.48. The molecule has 4 nitrogen and oxygen atoms in total. The Bertz CT molecular complexity index is 332. The van der Waals surface area contributed by atoms with Crippen LogP contribution in [0.5, 0.6) is 5.75 Å². The van der Waals surface area contributed by atoms with Crippen LogP contribution in [0.1, 0.15) is 6.92 Å². The average molecular weight is 319 g/mol. The van der Waals surface area contributed by atoms with Gasteiger partial charge in [0.15, 0.2) is 0 Å². The Morgan fingerprint density at radius 1 is 1.28 bits per heavy atom. The monoisotopic (exact) mass is 318 g/mol. The van der Waals surface area contributed by atoms with Gasteiger partial charge in [0.05, 0.1) is 6.61 Å². The molecule has 0 radical (unpaired) electrons. The smallest absolute Gasteiger partial charge is 0.137 e. The first-order valence-electron chi connectivity index (χ1n) is 6.00. The van der Waals surface area contributed by atoms with Crippen molar-refractivity contribution >= 4 is 15.9 Å². The number of aliphatic hydroxyl groups is 1. The lowest BCUT2D eigenvalue weighted by Gasteiger charge is -2.14. The number of halogens is 1. The minimum Gasteiger partial charge on any atom is -0.491 e. The Kier molecular flexibility index (Phi) is 7.27. The zero-order valence-corrected chi connectivity index (χ0v) is 12.4. The van der Waals surface area contributed by atoms with Gasteiger partial charge in [-0.2, -0.15) is 0 Å². The van der Waals surface area contributed by atoms with Crippen molar-refractivity contribution in [2.45, 2.75) is 19.1 Å². The van der Waals surface area contributed by atoms with E-state index in [9.17, 15) is 5.11 Å². The summed E-state index contributed by atoms with van der Waals surface area (Å²) in [6.07, 6.45) is -0.479. The van der Waals surface area contributed by atoms with Crippen LogP contribution < -0.4 is 10.1 Å². The molecule has 0 fully saturated rings. The molecule has 1 rings (SSSR count). The number of quaternary nitrogens is 1. The van der Waals surface area contributed by atoms with Crippen molar-refractivity contribution in [2.24, 2.45) is 0 Å². The van der Waals surface area contributed by atoms with Gasteiger partial charge in [-0.15, -0.1) is 0 Å². The molecule has 2 atom stereocenters. The van der Waals surface area contributed by atoms with Crippen molar-refractivity contribution in [3.63, 3.8) is 0 Å². The van der Waals surface area contributed by atoms with E-state index in [0.29, 0.717) is 25.8 Å². The van der Waals surface area contributed by atoms with Crippen molar-refractivity contribution < 1.29 is 19.9 Å². The van der Waals surface area contributed by atoms with Gasteiger partial charge in [-0.25, -0.2) is 0 Å². The topological polar surface area (TPSA) is 55.3 Å². The summed E-state index contributed by atoms with van der Waals surface area (Å²) in [6.45, 7) is 3.66. The van der Waals surface area contributed by atoms with E-state index < -0.39 is 6.10 Å². The summed E-state index contributed by atoms with van der Waals surface area (Å²) in [5.41, 5.74) is 0. The normalized spacial score (nSPS) is 14.2. The molecule has 0 spiro atoms. The van der Waals surface area contributed by atoms with E-state index in [2.05, 4.69) is 28.2 Å². The van der Waals surface area contributed by atoms with Crippen LogP contribution in [0.4, 0.5) is 0 Å². The molecular formula is C13H21BrNO3+. The maximum atomic E-state index is 9.78. The van der Waals surface area contributed by atoms with Crippen molar-refractivity contribution in [1.29, 1.82) is 0 Å². The zero-order chi connectivity index (χ0) is 13.4. The molecule has 0 bridgehead atoms. The molecule has 1 aromatic carbocycles. The Balaban J connectivity index is 2.20. The number of nitrogens with two attached hydrogens (primary N) is 1. The molecular weight excluding hydrogens is 298 g/mol. The number of benzene rings is 1. The van der Waals surface area contributed by atoms with E-state index in [1.807, 2.05) is 24.3 Å². The highest BCUT2D eigenvalue weighted by molar-refractivity contribution is 9.10. The van der Waals surface area contributed by atoms with Gasteiger partial charge in [0.1, 0.15) is 31.0 Å². The largest absolute Gasteiger partial charge is 0.491 e. The number of ether oxygens (including phenoxy) is 2. The maximum Gasteiger partial charge on any atom is 0.137 e. The van der Waals surface area contributed by atoms with Crippen LogP contribution in [0, 0.1) is 0 Å². The Morgan fingerprint density at radius 2 is 1.94 bits per heavy atom. The molecule has 5 heteroatoms. The van der Waals surface area contributed by atoms with Gasteiger partial charge in [0.25, 0.3) is 0 Å². The summed E-state index contributed by atoms with van der Waals surface area (Å²) in [7, 11) is 1.68. The summed E-state index contributed by atoms with van der Waals surface area (Å²) < 4.78 is 11.5. The molecule has 102 valence electrons. The fourth-order valence-electron chi connectivity index (χ4n) is 1.51. The summed E-state index contributed by atoms with van der Waals surface area (Å²) in [6, 6.07) is 7.91. The van der Waals surface area contributed by atoms with Crippen LogP contribution in [-0.2, 0) is 4.74 Å². The molecule has 0 saturated heterocycles. The minimum atomic E-state index is -0.479. The van der Waals surface area contributed by atoms with E-state index in [0.717, 1.165) is 10.2 Å². The molecule has 0 saturated carbocycles.